The van der Waals surface area contributed by atoms with Crippen molar-refractivity contribution in [3.63, 3.8) is 0 Å². The number of aryl methyl sites for hydroxylation is 1. The molecule has 4 aromatic rings. The third kappa shape index (κ3) is 2.57. The number of carbonyl (C=O) groups excluding carboxylic acids is 1. The first-order chi connectivity index (χ1) is 11.7. The maximum Gasteiger partial charge on any atom is 0.266 e. The van der Waals surface area contributed by atoms with E-state index in [2.05, 4.69) is 15.5 Å². The molecule has 0 spiro atoms. The molecule has 118 valence electrons. The third-order valence-electron chi connectivity index (χ3n) is 3.80. The monoisotopic (exact) mass is 335 g/mol. The predicted molar refractivity (Wildman–Crippen MR) is 94.2 cm³/mol. The quantitative estimate of drug-likeness (QED) is 0.598. The summed E-state index contributed by atoms with van der Waals surface area (Å²) in [6.45, 7) is 1.98. The standard InChI is InChI=1S/C18H13N3O2S/c1-11-14-4-2-3-5-15(14)24-16(11)17(22)20-13-8-6-12(7-9-13)18-21-19-10-23-18/h2-10H,1H3,(H,20,22). The minimum Gasteiger partial charge on any atom is -0.423 e. The highest BCUT2D eigenvalue weighted by atomic mass is 32.1. The number of hydrogen-bond donors (Lipinski definition) is 1. The fraction of sp³-hybridized carbons (Fsp3) is 0.0556. The minimum absolute atomic E-state index is 0.0979. The van der Waals surface area contributed by atoms with E-state index in [1.807, 2.05) is 55.5 Å². The minimum atomic E-state index is -0.0979. The van der Waals surface area contributed by atoms with Crippen molar-refractivity contribution >= 4 is 33.0 Å². The van der Waals surface area contributed by atoms with Crippen LogP contribution < -0.4 is 5.32 Å². The van der Waals surface area contributed by atoms with Crippen molar-refractivity contribution in [3.8, 4) is 11.5 Å². The van der Waals surface area contributed by atoms with Crippen LogP contribution >= 0.6 is 11.3 Å². The summed E-state index contributed by atoms with van der Waals surface area (Å²) in [6.07, 6.45) is 1.29. The number of thiophene rings is 1. The molecule has 0 saturated heterocycles. The highest BCUT2D eigenvalue weighted by Gasteiger charge is 2.15. The summed E-state index contributed by atoms with van der Waals surface area (Å²) in [7, 11) is 0. The number of anilines is 1. The van der Waals surface area contributed by atoms with Crippen molar-refractivity contribution in [1.29, 1.82) is 0 Å². The fourth-order valence-electron chi connectivity index (χ4n) is 2.57. The molecule has 1 N–H and O–H groups in total. The number of nitrogens with zero attached hydrogens (tertiary/aromatic N) is 2. The van der Waals surface area contributed by atoms with E-state index in [1.165, 1.54) is 17.7 Å². The molecule has 6 heteroatoms. The fourth-order valence-corrected chi connectivity index (χ4v) is 3.68. The van der Waals surface area contributed by atoms with Gasteiger partial charge >= 0.3 is 0 Å². The summed E-state index contributed by atoms with van der Waals surface area (Å²) in [5, 5.41) is 11.6. The van der Waals surface area contributed by atoms with E-state index in [4.69, 9.17) is 4.42 Å². The average Bonchev–Trinajstić information content (AvgIpc) is 3.24. The van der Waals surface area contributed by atoms with Crippen LogP contribution in [0.15, 0.2) is 59.3 Å². The highest BCUT2D eigenvalue weighted by molar-refractivity contribution is 7.21. The smallest absolute Gasteiger partial charge is 0.266 e. The Labute approximate surface area is 142 Å². The van der Waals surface area contributed by atoms with Gasteiger partial charge in [0, 0.05) is 16.0 Å². The number of rotatable bonds is 3. The van der Waals surface area contributed by atoms with Crippen molar-refractivity contribution in [2.75, 3.05) is 5.32 Å². The summed E-state index contributed by atoms with van der Waals surface area (Å²) < 4.78 is 6.27. The molecule has 5 nitrogen and oxygen atoms in total. The lowest BCUT2D eigenvalue weighted by Gasteiger charge is -2.05. The van der Waals surface area contributed by atoms with Gasteiger partial charge in [-0.3, -0.25) is 4.79 Å². The number of fused-ring (bicyclic) bond motifs is 1. The Morgan fingerprint density at radius 3 is 2.62 bits per heavy atom. The van der Waals surface area contributed by atoms with Crippen LogP contribution in [0.5, 0.6) is 0 Å². The molecule has 4 rings (SSSR count). The van der Waals surface area contributed by atoms with E-state index in [0.717, 1.165) is 31.8 Å². The summed E-state index contributed by atoms with van der Waals surface area (Å²) in [4.78, 5) is 13.3. The summed E-state index contributed by atoms with van der Waals surface area (Å²) >= 11 is 1.51. The summed E-state index contributed by atoms with van der Waals surface area (Å²) in [5.74, 6) is 0.354. The topological polar surface area (TPSA) is 68.0 Å². The van der Waals surface area contributed by atoms with Crippen LogP contribution in [-0.4, -0.2) is 16.1 Å². The molecule has 2 aromatic heterocycles. The molecule has 24 heavy (non-hydrogen) atoms. The van der Waals surface area contributed by atoms with Crippen LogP contribution in [0, 0.1) is 6.92 Å². The Hall–Kier alpha value is -2.99. The van der Waals surface area contributed by atoms with E-state index in [0.29, 0.717) is 5.89 Å². The van der Waals surface area contributed by atoms with Gasteiger partial charge in [0.2, 0.25) is 12.3 Å². The van der Waals surface area contributed by atoms with Crippen molar-refractivity contribution in [2.45, 2.75) is 6.92 Å². The normalized spacial score (nSPS) is 10.9. The van der Waals surface area contributed by atoms with Gasteiger partial charge < -0.3 is 9.73 Å². The van der Waals surface area contributed by atoms with E-state index in [-0.39, 0.29) is 5.91 Å². The summed E-state index contributed by atoms with van der Waals surface area (Å²) in [5.41, 5.74) is 2.54. The van der Waals surface area contributed by atoms with Gasteiger partial charge in [-0.1, -0.05) is 18.2 Å². The molecule has 1 amide bonds. The van der Waals surface area contributed by atoms with Gasteiger partial charge in [-0.25, -0.2) is 0 Å². The van der Waals surface area contributed by atoms with E-state index in [9.17, 15) is 4.79 Å². The molecule has 0 bridgehead atoms. The number of nitrogens with one attached hydrogen (secondary N) is 1. The molecule has 0 radical (unpaired) electrons. The lowest BCUT2D eigenvalue weighted by molar-refractivity contribution is 0.103. The molecular weight excluding hydrogens is 322 g/mol. The molecule has 2 heterocycles. The van der Waals surface area contributed by atoms with Gasteiger partial charge in [0.05, 0.1) is 4.88 Å². The van der Waals surface area contributed by atoms with Gasteiger partial charge in [-0.05, 0) is 48.2 Å². The number of hydrogen-bond acceptors (Lipinski definition) is 5. The van der Waals surface area contributed by atoms with Gasteiger partial charge in [0.1, 0.15) is 0 Å². The van der Waals surface area contributed by atoms with Crippen molar-refractivity contribution in [1.82, 2.24) is 10.2 Å². The molecule has 0 atom stereocenters. The molecule has 0 saturated carbocycles. The van der Waals surface area contributed by atoms with Crippen LogP contribution in [0.4, 0.5) is 5.69 Å². The molecule has 0 aliphatic carbocycles. The van der Waals surface area contributed by atoms with Gasteiger partial charge in [-0.2, -0.15) is 0 Å². The summed E-state index contributed by atoms with van der Waals surface area (Å²) in [6, 6.07) is 15.3. The number of carbonyl (C=O) groups is 1. The first-order valence-corrected chi connectivity index (χ1v) is 8.20. The molecule has 2 aromatic carbocycles. The molecular formula is C18H13N3O2S. The van der Waals surface area contributed by atoms with Crippen molar-refractivity contribution in [2.24, 2.45) is 0 Å². The second kappa shape index (κ2) is 5.90. The van der Waals surface area contributed by atoms with E-state index >= 15 is 0 Å². The number of amides is 1. The highest BCUT2D eigenvalue weighted by Crippen LogP contribution is 2.31. The van der Waals surface area contributed by atoms with E-state index < -0.39 is 0 Å². The SMILES string of the molecule is Cc1c(C(=O)Nc2ccc(-c3nnco3)cc2)sc2ccccc12. The van der Waals surface area contributed by atoms with E-state index in [1.54, 1.807) is 0 Å². The second-order valence-electron chi connectivity index (χ2n) is 5.33. The zero-order valence-corrected chi connectivity index (χ0v) is 13.6. The number of aromatic nitrogens is 2. The molecule has 0 aliphatic heterocycles. The third-order valence-corrected chi connectivity index (χ3v) is 5.07. The maximum atomic E-state index is 12.6. The maximum absolute atomic E-state index is 12.6. The zero-order chi connectivity index (χ0) is 16.5. The van der Waals surface area contributed by atoms with Gasteiger partial charge in [0.25, 0.3) is 5.91 Å². The molecule has 0 fully saturated rings. The predicted octanol–water partition coefficient (Wildman–Crippen LogP) is 4.51. The average molecular weight is 335 g/mol. The second-order valence-corrected chi connectivity index (χ2v) is 6.38. The number of benzene rings is 2. The van der Waals surface area contributed by atoms with Crippen LogP contribution in [0.1, 0.15) is 15.2 Å². The Kier molecular flexibility index (Phi) is 3.59. The largest absolute Gasteiger partial charge is 0.423 e. The van der Waals surface area contributed by atoms with Gasteiger partial charge in [0.15, 0.2) is 0 Å². The van der Waals surface area contributed by atoms with Crippen molar-refractivity contribution in [3.05, 3.63) is 65.4 Å². The van der Waals surface area contributed by atoms with Crippen molar-refractivity contribution < 1.29 is 9.21 Å². The molecule has 0 unspecified atom stereocenters. The van der Waals surface area contributed by atoms with Crippen LogP contribution in [0.25, 0.3) is 21.5 Å². The van der Waals surface area contributed by atoms with Crippen LogP contribution in [0.2, 0.25) is 0 Å². The zero-order valence-electron chi connectivity index (χ0n) is 12.8. The lowest BCUT2D eigenvalue weighted by Crippen LogP contribution is -2.11. The Balaban J connectivity index is 1.58. The van der Waals surface area contributed by atoms with Gasteiger partial charge in [-0.15, -0.1) is 21.5 Å². The Morgan fingerprint density at radius 2 is 1.92 bits per heavy atom. The van der Waals surface area contributed by atoms with Crippen LogP contribution in [-0.2, 0) is 0 Å². The first-order valence-electron chi connectivity index (χ1n) is 7.38. The first kappa shape index (κ1) is 14.6. The van der Waals surface area contributed by atoms with Crippen LogP contribution in [0.3, 0.4) is 0 Å². The Bertz CT molecular complexity index is 1000. The lowest BCUT2D eigenvalue weighted by atomic mass is 10.1. The molecule has 0 aliphatic rings. The Morgan fingerprint density at radius 1 is 1.12 bits per heavy atom.